The summed E-state index contributed by atoms with van der Waals surface area (Å²) in [5.74, 6) is 1.35. The van der Waals surface area contributed by atoms with Crippen LogP contribution in [0.15, 0.2) is 29.4 Å². The molecule has 25 heavy (non-hydrogen) atoms. The molecule has 0 bridgehead atoms. The molecule has 1 aromatic carbocycles. The van der Waals surface area contributed by atoms with Crippen LogP contribution in [0.25, 0.3) is 10.3 Å². The Morgan fingerprint density at radius 1 is 1.36 bits per heavy atom. The van der Waals surface area contributed by atoms with E-state index < -0.39 is 0 Å². The van der Waals surface area contributed by atoms with Crippen LogP contribution < -0.4 is 10.1 Å². The molecule has 132 valence electrons. The highest BCUT2D eigenvalue weighted by Crippen LogP contribution is 2.34. The number of aromatic nitrogens is 3. The second kappa shape index (κ2) is 8.18. The molecule has 0 aliphatic heterocycles. The quantitative estimate of drug-likeness (QED) is 0.464. The number of aliphatic hydroxyl groups excluding tert-OH is 1. The van der Waals surface area contributed by atoms with Gasteiger partial charge in [0.25, 0.3) is 5.19 Å². The Morgan fingerprint density at radius 2 is 2.20 bits per heavy atom. The molecule has 0 amide bonds. The Labute approximate surface area is 158 Å². The lowest BCUT2D eigenvalue weighted by Crippen LogP contribution is -2.20. The fourth-order valence-corrected chi connectivity index (χ4v) is 3.86. The van der Waals surface area contributed by atoms with Gasteiger partial charge in [0.1, 0.15) is 4.70 Å². The summed E-state index contributed by atoms with van der Waals surface area (Å²) in [6.45, 7) is 1.89. The highest BCUT2D eigenvalue weighted by molar-refractivity contribution is 7.98. The van der Waals surface area contributed by atoms with Crippen LogP contribution in [0.4, 0.5) is 5.82 Å². The fraction of sp³-hybridized carbons (Fsp3) is 0.312. The topological polar surface area (TPSA) is 80.2 Å². The van der Waals surface area contributed by atoms with Gasteiger partial charge in [0.15, 0.2) is 16.6 Å². The summed E-state index contributed by atoms with van der Waals surface area (Å²) in [5.41, 5.74) is 1.67. The van der Waals surface area contributed by atoms with E-state index in [0.29, 0.717) is 32.6 Å². The van der Waals surface area contributed by atoms with Crippen molar-refractivity contribution in [3.05, 3.63) is 34.9 Å². The first kappa shape index (κ1) is 18.2. The van der Waals surface area contributed by atoms with Gasteiger partial charge in [0.05, 0.1) is 13.7 Å². The van der Waals surface area contributed by atoms with Crippen molar-refractivity contribution in [3.63, 3.8) is 0 Å². The number of hydrogen-bond acceptors (Lipinski definition) is 8. The number of nitrogens with zero attached hydrogens (tertiary/aromatic N) is 3. The second-order valence-electron chi connectivity index (χ2n) is 5.34. The van der Waals surface area contributed by atoms with Gasteiger partial charge < -0.3 is 15.2 Å². The van der Waals surface area contributed by atoms with E-state index in [1.165, 1.54) is 23.1 Å². The van der Waals surface area contributed by atoms with Gasteiger partial charge in [-0.15, -0.1) is 0 Å². The standard InChI is InChI=1S/C16H17ClN4O2S2/c1-9(7-22)18-13-12-14(21-16(23-2)25-12)20-15(19-13)24-8-10-4-3-5-11(17)6-10/h3-6,9,22H,7-8H2,1-2H3,(H,18,19,20)/t9-/m1/s1. The monoisotopic (exact) mass is 396 g/mol. The summed E-state index contributed by atoms with van der Waals surface area (Å²) in [6.07, 6.45) is 0. The number of methoxy groups -OCH3 is 1. The molecule has 0 saturated carbocycles. The highest BCUT2D eigenvalue weighted by atomic mass is 35.5. The van der Waals surface area contributed by atoms with E-state index in [0.717, 1.165) is 10.3 Å². The molecule has 0 aliphatic rings. The lowest BCUT2D eigenvalue weighted by molar-refractivity contribution is 0.281. The average Bonchev–Trinajstić information content (AvgIpc) is 3.03. The zero-order chi connectivity index (χ0) is 17.8. The Hall–Kier alpha value is -1.61. The minimum atomic E-state index is -0.128. The van der Waals surface area contributed by atoms with Crippen LogP contribution in [0, 0.1) is 0 Å². The number of aliphatic hydroxyl groups is 1. The van der Waals surface area contributed by atoms with Gasteiger partial charge in [0, 0.05) is 16.8 Å². The summed E-state index contributed by atoms with van der Waals surface area (Å²) in [4.78, 5) is 13.5. The highest BCUT2D eigenvalue weighted by Gasteiger charge is 2.15. The van der Waals surface area contributed by atoms with Gasteiger partial charge in [-0.2, -0.15) is 4.98 Å². The van der Waals surface area contributed by atoms with Gasteiger partial charge >= 0.3 is 0 Å². The molecule has 6 nitrogen and oxygen atoms in total. The number of thioether (sulfide) groups is 1. The van der Waals surface area contributed by atoms with Crippen LogP contribution in [0.1, 0.15) is 12.5 Å². The third kappa shape index (κ3) is 4.52. The normalized spacial score (nSPS) is 12.3. The molecule has 2 N–H and O–H groups in total. The van der Waals surface area contributed by atoms with E-state index in [4.69, 9.17) is 16.3 Å². The van der Waals surface area contributed by atoms with Gasteiger partial charge in [-0.05, 0) is 24.6 Å². The maximum atomic E-state index is 9.31. The first-order valence-corrected chi connectivity index (χ1v) is 9.74. The van der Waals surface area contributed by atoms with E-state index in [1.807, 2.05) is 31.2 Å². The van der Waals surface area contributed by atoms with Crippen molar-refractivity contribution < 1.29 is 9.84 Å². The molecule has 0 aliphatic carbocycles. The summed E-state index contributed by atoms with van der Waals surface area (Å²) in [5, 5.41) is 14.3. The van der Waals surface area contributed by atoms with Crippen molar-refractivity contribution in [1.82, 2.24) is 15.0 Å². The maximum Gasteiger partial charge on any atom is 0.275 e. The number of thiazole rings is 1. The first-order chi connectivity index (χ1) is 12.1. The lowest BCUT2D eigenvalue weighted by atomic mass is 10.2. The number of nitrogens with one attached hydrogen (secondary N) is 1. The predicted octanol–water partition coefficient (Wildman–Crippen LogP) is 3.83. The summed E-state index contributed by atoms with van der Waals surface area (Å²) in [7, 11) is 1.57. The molecule has 0 unspecified atom stereocenters. The van der Waals surface area contributed by atoms with E-state index in [-0.39, 0.29) is 12.6 Å². The average molecular weight is 397 g/mol. The first-order valence-electron chi connectivity index (χ1n) is 7.56. The predicted molar refractivity (Wildman–Crippen MR) is 103 cm³/mol. The number of fused-ring (bicyclic) bond motifs is 1. The molecule has 2 aromatic heterocycles. The molecule has 0 fully saturated rings. The SMILES string of the molecule is COc1nc2nc(SCc3cccc(Cl)c3)nc(N[C@H](C)CO)c2s1. The summed E-state index contributed by atoms with van der Waals surface area (Å²) in [6, 6.07) is 7.57. The van der Waals surface area contributed by atoms with Gasteiger partial charge in [-0.3, -0.25) is 0 Å². The molecule has 3 aromatic rings. The smallest absolute Gasteiger partial charge is 0.275 e. The maximum absolute atomic E-state index is 9.31. The van der Waals surface area contributed by atoms with Gasteiger partial charge in [-0.25, -0.2) is 9.97 Å². The zero-order valence-corrected chi connectivity index (χ0v) is 16.1. The lowest BCUT2D eigenvalue weighted by Gasteiger charge is -2.12. The van der Waals surface area contributed by atoms with Crippen LogP contribution in [0.5, 0.6) is 5.19 Å². The molecule has 9 heteroatoms. The largest absolute Gasteiger partial charge is 0.473 e. The number of halogens is 1. The van der Waals surface area contributed by atoms with E-state index in [9.17, 15) is 5.11 Å². The molecule has 0 radical (unpaired) electrons. The second-order valence-corrected chi connectivity index (χ2v) is 7.68. The van der Waals surface area contributed by atoms with Gasteiger partial charge in [-0.1, -0.05) is 46.8 Å². The van der Waals surface area contributed by atoms with Crippen LogP contribution in [-0.4, -0.2) is 39.8 Å². The number of benzene rings is 1. The van der Waals surface area contributed by atoms with Crippen LogP contribution in [-0.2, 0) is 5.75 Å². The van der Waals surface area contributed by atoms with Crippen molar-refractivity contribution in [2.24, 2.45) is 0 Å². The van der Waals surface area contributed by atoms with Crippen molar-refractivity contribution in [2.75, 3.05) is 19.0 Å². The molecule has 1 atom stereocenters. The molecule has 0 saturated heterocycles. The van der Waals surface area contributed by atoms with E-state index in [1.54, 1.807) is 7.11 Å². The molecule has 2 heterocycles. The van der Waals surface area contributed by atoms with Crippen molar-refractivity contribution >= 4 is 50.9 Å². The molecule has 0 spiro atoms. The Kier molecular flexibility index (Phi) is 5.95. The third-order valence-corrected chi connectivity index (χ3v) is 5.47. The Balaban J connectivity index is 1.89. The molecular weight excluding hydrogens is 380 g/mol. The number of ether oxygens (including phenoxy) is 1. The van der Waals surface area contributed by atoms with Crippen LogP contribution in [0.2, 0.25) is 5.02 Å². The minimum absolute atomic E-state index is 0.00637. The number of hydrogen-bond donors (Lipinski definition) is 2. The third-order valence-electron chi connectivity index (χ3n) is 3.30. The number of rotatable bonds is 7. The Morgan fingerprint density at radius 3 is 2.92 bits per heavy atom. The zero-order valence-electron chi connectivity index (χ0n) is 13.7. The Bertz CT molecular complexity index is 874. The van der Waals surface area contributed by atoms with E-state index in [2.05, 4.69) is 20.3 Å². The van der Waals surface area contributed by atoms with E-state index >= 15 is 0 Å². The molecular formula is C16H17ClN4O2S2. The molecule has 3 rings (SSSR count). The summed E-state index contributed by atoms with van der Waals surface area (Å²) < 4.78 is 6.02. The van der Waals surface area contributed by atoms with Crippen LogP contribution >= 0.6 is 34.7 Å². The fourth-order valence-electron chi connectivity index (χ4n) is 2.09. The van der Waals surface area contributed by atoms with Gasteiger partial charge in [0.2, 0.25) is 0 Å². The number of anilines is 1. The minimum Gasteiger partial charge on any atom is -0.473 e. The summed E-state index contributed by atoms with van der Waals surface area (Å²) >= 11 is 8.90. The van der Waals surface area contributed by atoms with Crippen molar-refractivity contribution in [2.45, 2.75) is 23.9 Å². The van der Waals surface area contributed by atoms with Crippen molar-refractivity contribution in [3.8, 4) is 5.19 Å². The van der Waals surface area contributed by atoms with Crippen LogP contribution in [0.3, 0.4) is 0 Å². The van der Waals surface area contributed by atoms with Crippen molar-refractivity contribution in [1.29, 1.82) is 0 Å².